The van der Waals surface area contributed by atoms with Crippen LogP contribution in [-0.4, -0.2) is 102 Å². The van der Waals surface area contributed by atoms with Crippen LogP contribution in [0.5, 0.6) is 23.0 Å². The zero-order chi connectivity index (χ0) is 49.2. The van der Waals surface area contributed by atoms with Crippen LogP contribution in [-0.2, 0) is 42.4 Å². The van der Waals surface area contributed by atoms with Crippen LogP contribution in [0.4, 0.5) is 11.4 Å². The summed E-state index contributed by atoms with van der Waals surface area (Å²) in [6, 6.07) is 15.5. The van der Waals surface area contributed by atoms with Gasteiger partial charge in [-0.05, 0) is 98.7 Å². The molecule has 0 aromatic heterocycles. The number of nitrogens with zero attached hydrogens (tertiary/aromatic N) is 2. The molecule has 67 heavy (non-hydrogen) atoms. The highest BCUT2D eigenvalue weighted by molar-refractivity contribution is 9.10. The maximum absolute atomic E-state index is 13.7. The van der Waals surface area contributed by atoms with Gasteiger partial charge < -0.3 is 39.4 Å². The number of amides is 4. The third-order valence-corrected chi connectivity index (χ3v) is 14.4. The van der Waals surface area contributed by atoms with E-state index in [1.165, 1.54) is 19.1 Å². The van der Waals surface area contributed by atoms with Crippen molar-refractivity contribution in [1.29, 1.82) is 0 Å². The summed E-state index contributed by atoms with van der Waals surface area (Å²) in [5, 5.41) is 5.71. The van der Waals surface area contributed by atoms with Crippen LogP contribution in [0.15, 0.2) is 71.2 Å². The minimum Gasteiger partial charge on any atom is -0.493 e. The van der Waals surface area contributed by atoms with Crippen LogP contribution in [0.2, 0.25) is 0 Å². The number of hydrogen-bond donors (Lipinski definition) is 2. The predicted octanol–water partition coefficient (Wildman–Crippen LogP) is 7.13. The molecule has 19 heteroatoms. The van der Waals surface area contributed by atoms with E-state index in [-0.39, 0.29) is 65.8 Å². The number of fused-ring (bicyclic) bond motifs is 2. The van der Waals surface area contributed by atoms with E-state index < -0.39 is 37.7 Å². The van der Waals surface area contributed by atoms with Gasteiger partial charge in [-0.2, -0.15) is 0 Å². The number of benzene rings is 4. The second kappa shape index (κ2) is 20.3. The Bertz CT molecular complexity index is 2680. The Labute approximate surface area is 401 Å². The Morgan fingerprint density at radius 1 is 0.701 bits per heavy atom. The predicted molar refractivity (Wildman–Crippen MR) is 256 cm³/mol. The Kier molecular flexibility index (Phi) is 14.5. The van der Waals surface area contributed by atoms with Crippen LogP contribution in [0.3, 0.4) is 0 Å². The highest BCUT2D eigenvalue weighted by Crippen LogP contribution is 2.43. The number of ether oxygens (including phenoxy) is 4. The number of hydrogen-bond acceptors (Lipinski definition) is 12. The van der Waals surface area contributed by atoms with E-state index in [1.54, 1.807) is 65.6 Å². The molecule has 0 bridgehead atoms. The number of anilines is 2. The number of methoxy groups -OCH3 is 2. The maximum Gasteiger partial charge on any atom is 0.257 e. The Hall–Kier alpha value is -5.66. The lowest BCUT2D eigenvalue weighted by Gasteiger charge is -2.28. The highest BCUT2D eigenvalue weighted by Gasteiger charge is 2.41. The van der Waals surface area contributed by atoms with Crippen molar-refractivity contribution in [2.45, 2.75) is 64.7 Å². The van der Waals surface area contributed by atoms with Gasteiger partial charge in [0.2, 0.25) is 11.8 Å². The molecule has 2 aliphatic heterocycles. The van der Waals surface area contributed by atoms with E-state index in [2.05, 4.69) is 26.6 Å². The average molecular weight is 1030 g/mol. The number of nitrogens with one attached hydrogen (secondary N) is 2. The Balaban J connectivity index is 0.000000201. The molecule has 4 aromatic carbocycles. The van der Waals surface area contributed by atoms with Crippen LogP contribution in [0.25, 0.3) is 0 Å². The molecule has 4 aliphatic rings. The molecule has 358 valence electrons. The van der Waals surface area contributed by atoms with Gasteiger partial charge in [-0.25, -0.2) is 16.8 Å². The minimum atomic E-state index is -3.49. The fraction of sp³-hybridized carbons (Fsp3) is 0.417. The summed E-state index contributed by atoms with van der Waals surface area (Å²) in [4.78, 5) is 55.0. The van der Waals surface area contributed by atoms with E-state index >= 15 is 0 Å². The summed E-state index contributed by atoms with van der Waals surface area (Å²) < 4.78 is 80.6. The van der Waals surface area contributed by atoms with Gasteiger partial charge in [0.1, 0.15) is 19.7 Å². The quantitative estimate of drug-likeness (QED) is 0.102. The molecule has 2 fully saturated rings. The van der Waals surface area contributed by atoms with Crippen LogP contribution >= 0.6 is 15.9 Å². The molecular formula is C48H55BrN4O12S2. The number of carbonyl (C=O) groups excluding carboxylic acids is 4. The van der Waals surface area contributed by atoms with Crippen LogP contribution < -0.4 is 29.6 Å². The van der Waals surface area contributed by atoms with Crippen molar-refractivity contribution < 1.29 is 56.3 Å². The van der Waals surface area contributed by atoms with Crippen molar-refractivity contribution in [1.82, 2.24) is 9.80 Å². The zero-order valence-corrected chi connectivity index (χ0v) is 41.4. The number of carbonyl (C=O) groups is 4. The summed E-state index contributed by atoms with van der Waals surface area (Å²) in [5.41, 5.74) is 3.83. The molecular weight excluding hydrogens is 969 g/mol. The molecule has 0 spiro atoms. The molecule has 8 rings (SSSR count). The van der Waals surface area contributed by atoms with Gasteiger partial charge in [-0.15, -0.1) is 0 Å². The molecule has 0 unspecified atom stereocenters. The molecule has 2 heterocycles. The first-order chi connectivity index (χ1) is 32.2. The van der Waals surface area contributed by atoms with E-state index in [0.717, 1.165) is 48.2 Å². The van der Waals surface area contributed by atoms with Gasteiger partial charge >= 0.3 is 0 Å². The lowest BCUT2D eigenvalue weighted by Crippen LogP contribution is -2.34. The van der Waals surface area contributed by atoms with Crippen LogP contribution in [0, 0.1) is 11.8 Å². The van der Waals surface area contributed by atoms with E-state index in [0.29, 0.717) is 69.8 Å². The van der Waals surface area contributed by atoms with E-state index in [9.17, 15) is 36.0 Å². The highest BCUT2D eigenvalue weighted by atomic mass is 79.9. The third kappa shape index (κ3) is 11.6. The lowest BCUT2D eigenvalue weighted by atomic mass is 10.1. The molecule has 2 N–H and O–H groups in total. The molecule has 4 amide bonds. The summed E-state index contributed by atoms with van der Waals surface area (Å²) in [7, 11) is -3.89. The Morgan fingerprint density at radius 2 is 1.16 bits per heavy atom. The first-order valence-electron chi connectivity index (χ1n) is 22.4. The largest absolute Gasteiger partial charge is 0.493 e. The monoisotopic (exact) mass is 1020 g/mol. The standard InChI is InChI=1S/C24H27BrN2O6S.C24H28N2O6S/c1-4-33-21-11-15(7-10-20(21)32-2)19(13-34(3,30)31)27-12-16-17(25)8-9-18(22(16)24(27)29)26-23(28)14-5-6-14;1-4-32-21-12-16(10-11-20(21)31-2)19(14-33(3,29)30)26-13-17-6-5-7-18(22(17)24(26)28)25-23(27)15-8-9-15/h7-11,14,19H,4-6,12-13H2,1-3H3,(H,26,28);5-7,10-12,15,19H,4,8-9,13-14H2,1-3H3,(H,25,27)/t2*19-/m11/s1/i;6D. The number of sulfone groups is 2. The molecule has 2 atom stereocenters. The van der Waals surface area contributed by atoms with Gasteiger partial charge in [0, 0.05) is 47.5 Å². The summed E-state index contributed by atoms with van der Waals surface area (Å²) in [5.74, 6) is 0.332. The van der Waals surface area contributed by atoms with Crippen molar-refractivity contribution in [3.8, 4) is 23.0 Å². The van der Waals surface area contributed by atoms with Crippen molar-refractivity contribution in [3.05, 3.63) is 105 Å². The smallest absolute Gasteiger partial charge is 0.257 e. The first-order valence-corrected chi connectivity index (χ1v) is 26.8. The lowest BCUT2D eigenvalue weighted by molar-refractivity contribution is -0.118. The minimum absolute atomic E-state index is 0.0128. The van der Waals surface area contributed by atoms with Crippen LogP contribution in [0.1, 0.15) is 96.0 Å². The van der Waals surface area contributed by atoms with Gasteiger partial charge in [0.25, 0.3) is 11.8 Å². The molecule has 4 aromatic rings. The van der Waals surface area contributed by atoms with Crippen molar-refractivity contribution in [3.63, 3.8) is 0 Å². The molecule has 16 nitrogen and oxygen atoms in total. The molecule has 0 radical (unpaired) electrons. The van der Waals surface area contributed by atoms with Gasteiger partial charge in [-0.1, -0.05) is 40.2 Å². The third-order valence-electron chi connectivity index (χ3n) is 11.8. The van der Waals surface area contributed by atoms with Crippen molar-refractivity contribution in [2.75, 3.05) is 62.1 Å². The van der Waals surface area contributed by atoms with Crippen molar-refractivity contribution >= 4 is 70.6 Å². The first kappa shape index (κ1) is 47.8. The fourth-order valence-electron chi connectivity index (χ4n) is 8.22. The zero-order valence-electron chi connectivity index (χ0n) is 39.1. The normalized spacial score (nSPS) is 16.5. The second-order valence-corrected chi connectivity index (χ2v) is 22.2. The second-order valence-electron chi connectivity index (χ2n) is 17.0. The van der Waals surface area contributed by atoms with Gasteiger partial charge in [-0.3, -0.25) is 19.2 Å². The molecule has 2 saturated carbocycles. The SMILES string of the molecule is CCOc1cc([C@@H](CS(C)(=O)=O)N2Cc3c(Br)ccc(NC(=O)C4CC4)c3C2=O)ccc1OC.[2H]c1ccc(NC(=O)C2CC2)c2c1CN([C@H](CS(C)(=O)=O)c1ccc(OC)c(OCC)c1)C2=O. The van der Waals surface area contributed by atoms with Gasteiger partial charge in [0.05, 0.1) is 74.9 Å². The van der Waals surface area contributed by atoms with Gasteiger partial charge in [0.15, 0.2) is 23.0 Å². The van der Waals surface area contributed by atoms with Crippen molar-refractivity contribution in [2.24, 2.45) is 11.8 Å². The summed E-state index contributed by atoms with van der Waals surface area (Å²) in [6.07, 6.45) is 5.61. The average Bonchev–Trinajstić information content (AvgIpc) is 4.23. The van der Waals surface area contributed by atoms with E-state index in [1.807, 2.05) is 13.8 Å². The summed E-state index contributed by atoms with van der Waals surface area (Å²) in [6.45, 7) is 4.73. The fourth-order valence-corrected chi connectivity index (χ4v) is 10.6. The molecule has 2 aliphatic carbocycles. The summed E-state index contributed by atoms with van der Waals surface area (Å²) >= 11 is 3.52. The molecule has 0 saturated heterocycles. The maximum atomic E-state index is 13.7. The topological polar surface area (TPSA) is 204 Å². The Morgan fingerprint density at radius 3 is 1.61 bits per heavy atom. The van der Waals surface area contributed by atoms with E-state index in [4.69, 9.17) is 20.3 Å². The number of rotatable bonds is 18. The number of halogens is 1.